The van der Waals surface area contributed by atoms with Gasteiger partial charge in [-0.1, -0.05) is 22.4 Å². The van der Waals surface area contributed by atoms with Crippen LogP contribution in [-0.4, -0.2) is 5.33 Å². The molecule has 1 aromatic rings. The van der Waals surface area contributed by atoms with Crippen molar-refractivity contribution in [2.75, 3.05) is 5.33 Å². The predicted octanol–water partition coefficient (Wildman–Crippen LogP) is 4.49. The van der Waals surface area contributed by atoms with Crippen LogP contribution in [0.2, 0.25) is 0 Å². The highest BCUT2D eigenvalue weighted by Gasteiger charge is 2.24. The van der Waals surface area contributed by atoms with Gasteiger partial charge in [-0.3, -0.25) is 0 Å². The molecular weight excluding hydrogens is 307 g/mol. The van der Waals surface area contributed by atoms with Crippen LogP contribution >= 0.6 is 15.9 Å². The molecule has 0 nitrogen and oxygen atoms in total. The van der Waals surface area contributed by atoms with E-state index in [1.54, 1.807) is 0 Å². The van der Waals surface area contributed by atoms with Gasteiger partial charge in [0.1, 0.15) is 0 Å². The lowest BCUT2D eigenvalue weighted by atomic mass is 10.1. The molecule has 0 fully saturated rings. The number of hydrogen-bond donors (Lipinski definition) is 0. The van der Waals surface area contributed by atoms with Gasteiger partial charge in [0.15, 0.2) is 23.3 Å². The van der Waals surface area contributed by atoms with Crippen LogP contribution in [0, 0.1) is 29.1 Å². The molecule has 1 rings (SSSR count). The van der Waals surface area contributed by atoms with Crippen LogP contribution in [-0.2, 0) is 6.42 Å². The smallest absolute Gasteiger partial charge is 0.200 e. The van der Waals surface area contributed by atoms with E-state index in [0.29, 0.717) is 12.8 Å². The Kier molecular flexibility index (Phi) is 5.36. The summed E-state index contributed by atoms with van der Waals surface area (Å²) in [6, 6.07) is 0. The molecule has 1 aromatic carbocycles. The Morgan fingerprint density at radius 2 is 1.12 bits per heavy atom. The SMILES string of the molecule is Fc1c(F)c(F)c(CCCCCBr)c(F)c1F. The van der Waals surface area contributed by atoms with Crippen LogP contribution in [0.3, 0.4) is 0 Å². The molecule has 0 unspecified atom stereocenters. The van der Waals surface area contributed by atoms with Gasteiger partial charge < -0.3 is 0 Å². The van der Waals surface area contributed by atoms with Crippen molar-refractivity contribution in [3.05, 3.63) is 34.6 Å². The highest BCUT2D eigenvalue weighted by molar-refractivity contribution is 9.09. The second-order valence-corrected chi connectivity index (χ2v) is 4.34. The predicted molar refractivity (Wildman–Crippen MR) is 57.6 cm³/mol. The maximum absolute atomic E-state index is 13.2. The Labute approximate surface area is 104 Å². The Balaban J connectivity index is 2.92. The molecule has 0 aliphatic carbocycles. The molecule has 0 aliphatic rings. The average Bonchev–Trinajstić information content (AvgIpc) is 2.33. The summed E-state index contributed by atoms with van der Waals surface area (Å²) in [6.07, 6.45) is 1.67. The quantitative estimate of drug-likeness (QED) is 0.247. The lowest BCUT2D eigenvalue weighted by Crippen LogP contribution is -2.07. The van der Waals surface area contributed by atoms with E-state index in [-0.39, 0.29) is 6.42 Å². The molecule has 6 heteroatoms. The van der Waals surface area contributed by atoms with Crippen molar-refractivity contribution < 1.29 is 22.0 Å². The summed E-state index contributed by atoms with van der Waals surface area (Å²) >= 11 is 3.18. The maximum atomic E-state index is 13.2. The van der Waals surface area contributed by atoms with Gasteiger partial charge in [0.2, 0.25) is 5.82 Å². The topological polar surface area (TPSA) is 0 Å². The van der Waals surface area contributed by atoms with Gasteiger partial charge in [-0.15, -0.1) is 0 Å². The Bertz CT molecular complexity index is 376. The molecule has 0 N–H and O–H groups in total. The Hall–Kier alpha value is -0.650. The average molecular weight is 317 g/mol. The fraction of sp³-hybridized carbons (Fsp3) is 0.455. The van der Waals surface area contributed by atoms with Crippen molar-refractivity contribution in [2.24, 2.45) is 0 Å². The molecule has 0 heterocycles. The minimum absolute atomic E-state index is 0.154. The monoisotopic (exact) mass is 316 g/mol. The largest absolute Gasteiger partial charge is 0.203 e. The summed E-state index contributed by atoms with van der Waals surface area (Å²) in [7, 11) is 0. The molecular formula is C11H10BrF5. The van der Waals surface area contributed by atoms with Crippen molar-refractivity contribution in [2.45, 2.75) is 25.7 Å². The third-order valence-corrected chi connectivity index (χ3v) is 2.92. The maximum Gasteiger partial charge on any atom is 0.200 e. The van der Waals surface area contributed by atoms with E-state index in [1.807, 2.05) is 0 Å². The highest BCUT2D eigenvalue weighted by Crippen LogP contribution is 2.24. The van der Waals surface area contributed by atoms with E-state index >= 15 is 0 Å². The summed E-state index contributed by atoms with van der Waals surface area (Å²) in [4.78, 5) is 0. The minimum Gasteiger partial charge on any atom is -0.203 e. The van der Waals surface area contributed by atoms with E-state index in [4.69, 9.17) is 0 Å². The molecule has 0 amide bonds. The van der Waals surface area contributed by atoms with Crippen LogP contribution in [0.5, 0.6) is 0 Å². The Morgan fingerprint density at radius 1 is 0.647 bits per heavy atom. The first-order valence-corrected chi connectivity index (χ1v) is 6.19. The first-order valence-electron chi connectivity index (χ1n) is 5.07. The molecule has 0 aromatic heterocycles. The third-order valence-electron chi connectivity index (χ3n) is 2.36. The summed E-state index contributed by atoms with van der Waals surface area (Å²) < 4.78 is 64.7. The van der Waals surface area contributed by atoms with Gasteiger partial charge in [-0.2, -0.15) is 0 Å². The van der Waals surface area contributed by atoms with Crippen molar-refractivity contribution in [3.8, 4) is 0 Å². The van der Waals surface area contributed by atoms with Crippen LogP contribution in [0.25, 0.3) is 0 Å². The van der Waals surface area contributed by atoms with Gasteiger partial charge in [-0.25, -0.2) is 22.0 Å². The number of unbranched alkanes of at least 4 members (excludes halogenated alkanes) is 2. The van der Waals surface area contributed by atoms with E-state index in [9.17, 15) is 22.0 Å². The van der Waals surface area contributed by atoms with E-state index in [0.717, 1.165) is 11.8 Å². The first kappa shape index (κ1) is 14.4. The number of benzene rings is 1. The standard InChI is InChI=1S/C11H10BrF5/c12-5-3-1-2-4-6-7(13)9(15)11(17)10(16)8(6)14/h1-5H2. The fourth-order valence-corrected chi connectivity index (χ4v) is 1.84. The van der Waals surface area contributed by atoms with E-state index in [1.165, 1.54) is 0 Å². The summed E-state index contributed by atoms with van der Waals surface area (Å²) in [5.74, 6) is -9.30. The summed E-state index contributed by atoms with van der Waals surface area (Å²) in [5, 5.41) is 0.740. The normalized spacial score (nSPS) is 10.9. The van der Waals surface area contributed by atoms with Gasteiger partial charge in [0.05, 0.1) is 0 Å². The third kappa shape index (κ3) is 3.18. The molecule has 0 saturated heterocycles. The van der Waals surface area contributed by atoms with E-state index < -0.39 is 34.6 Å². The summed E-state index contributed by atoms with van der Waals surface area (Å²) in [5.41, 5.74) is -0.726. The van der Waals surface area contributed by atoms with E-state index in [2.05, 4.69) is 15.9 Å². The van der Waals surface area contributed by atoms with Crippen LogP contribution in [0.4, 0.5) is 22.0 Å². The number of alkyl halides is 1. The minimum atomic E-state index is -2.11. The van der Waals surface area contributed by atoms with Crippen molar-refractivity contribution in [1.82, 2.24) is 0 Å². The van der Waals surface area contributed by atoms with Gasteiger partial charge in [0.25, 0.3) is 0 Å². The molecule has 17 heavy (non-hydrogen) atoms. The zero-order valence-electron chi connectivity index (χ0n) is 8.80. The zero-order chi connectivity index (χ0) is 13.0. The van der Waals surface area contributed by atoms with Gasteiger partial charge >= 0.3 is 0 Å². The number of halogens is 6. The number of hydrogen-bond acceptors (Lipinski definition) is 0. The lowest BCUT2D eigenvalue weighted by Gasteiger charge is -2.07. The highest BCUT2D eigenvalue weighted by atomic mass is 79.9. The first-order chi connectivity index (χ1) is 8.00. The molecule has 0 aliphatic heterocycles. The summed E-state index contributed by atoms with van der Waals surface area (Å²) in [6.45, 7) is 0. The molecule has 0 saturated carbocycles. The second-order valence-electron chi connectivity index (χ2n) is 3.55. The van der Waals surface area contributed by atoms with Crippen molar-refractivity contribution in [3.63, 3.8) is 0 Å². The van der Waals surface area contributed by atoms with Gasteiger partial charge in [0, 0.05) is 10.9 Å². The zero-order valence-corrected chi connectivity index (χ0v) is 10.4. The van der Waals surface area contributed by atoms with Crippen LogP contribution in [0.1, 0.15) is 24.8 Å². The van der Waals surface area contributed by atoms with Crippen LogP contribution < -0.4 is 0 Å². The number of rotatable bonds is 5. The van der Waals surface area contributed by atoms with Crippen LogP contribution in [0.15, 0.2) is 0 Å². The Morgan fingerprint density at radius 3 is 1.59 bits per heavy atom. The molecule has 0 bridgehead atoms. The van der Waals surface area contributed by atoms with Crippen molar-refractivity contribution >= 4 is 15.9 Å². The second kappa shape index (κ2) is 6.33. The fourth-order valence-electron chi connectivity index (χ4n) is 1.44. The molecule has 0 radical (unpaired) electrons. The molecule has 0 spiro atoms. The molecule has 0 atom stereocenters. The lowest BCUT2D eigenvalue weighted by molar-refractivity contribution is 0.369. The van der Waals surface area contributed by atoms with Gasteiger partial charge in [-0.05, 0) is 19.3 Å². The molecule has 96 valence electrons. The van der Waals surface area contributed by atoms with Crippen molar-refractivity contribution in [1.29, 1.82) is 0 Å².